The molecule has 10 heteroatoms. The maximum absolute atomic E-state index is 13.8. The van der Waals surface area contributed by atoms with Crippen LogP contribution in [0.25, 0.3) is 10.4 Å². The van der Waals surface area contributed by atoms with Gasteiger partial charge >= 0.3 is 5.97 Å². The van der Waals surface area contributed by atoms with Crippen LogP contribution in [-0.2, 0) is 32.0 Å². The molecule has 0 unspecified atom stereocenters. The molecule has 2 aliphatic heterocycles. The van der Waals surface area contributed by atoms with Crippen molar-refractivity contribution in [3.8, 4) is 10.4 Å². The van der Waals surface area contributed by atoms with Crippen molar-refractivity contribution >= 4 is 40.8 Å². The van der Waals surface area contributed by atoms with E-state index >= 15 is 0 Å². The average Bonchev–Trinajstić information content (AvgIpc) is 3.67. The first kappa shape index (κ1) is 30.0. The first-order valence-electron chi connectivity index (χ1n) is 14.8. The highest BCUT2D eigenvalue weighted by atomic mass is 32.1. The number of benzene rings is 3. The highest BCUT2D eigenvalue weighted by molar-refractivity contribution is 7.15. The lowest BCUT2D eigenvalue weighted by Crippen LogP contribution is -2.57. The summed E-state index contributed by atoms with van der Waals surface area (Å²) >= 11 is 1.59. The molecular formula is C35H31N3O6S. The predicted octanol–water partition coefficient (Wildman–Crippen LogP) is 4.16. The van der Waals surface area contributed by atoms with Crippen LogP contribution in [-0.4, -0.2) is 58.1 Å². The first-order chi connectivity index (χ1) is 21.8. The number of carbonyl (C=O) groups excluding carboxylic acids is 4. The molecular weight excluding hydrogens is 590 g/mol. The molecule has 3 amide bonds. The van der Waals surface area contributed by atoms with Crippen LogP contribution in [0, 0.1) is 0 Å². The van der Waals surface area contributed by atoms with Crippen molar-refractivity contribution in [2.75, 3.05) is 6.54 Å². The van der Waals surface area contributed by atoms with E-state index in [9.17, 15) is 24.0 Å². The zero-order valence-corrected chi connectivity index (χ0v) is 25.1. The number of aliphatic carboxylic acids is 1. The lowest BCUT2D eigenvalue weighted by Gasteiger charge is -2.37. The summed E-state index contributed by atoms with van der Waals surface area (Å²) in [6.07, 6.45) is 1.37. The van der Waals surface area contributed by atoms with E-state index in [2.05, 4.69) is 16.7 Å². The number of nitrogens with zero attached hydrogens (tertiary/aromatic N) is 1. The smallest absolute Gasteiger partial charge is 0.322 e. The third kappa shape index (κ3) is 6.41. The van der Waals surface area contributed by atoms with E-state index in [4.69, 9.17) is 5.11 Å². The summed E-state index contributed by atoms with van der Waals surface area (Å²) in [5, 5.41) is 14.2. The molecule has 9 nitrogen and oxygen atoms in total. The second-order valence-electron chi connectivity index (χ2n) is 11.2. The molecule has 3 heterocycles. The Morgan fingerprint density at radius 1 is 0.911 bits per heavy atom. The molecule has 1 aromatic heterocycles. The Labute approximate surface area is 263 Å². The van der Waals surface area contributed by atoms with Gasteiger partial charge in [0.25, 0.3) is 0 Å². The molecule has 0 bridgehead atoms. The van der Waals surface area contributed by atoms with Gasteiger partial charge in [0, 0.05) is 40.1 Å². The van der Waals surface area contributed by atoms with E-state index in [0.29, 0.717) is 30.4 Å². The molecule has 3 atom stereocenters. The summed E-state index contributed by atoms with van der Waals surface area (Å²) in [6, 6.07) is 25.7. The number of hydrogen-bond acceptors (Lipinski definition) is 6. The normalized spacial score (nSPS) is 17.6. The zero-order chi connectivity index (χ0) is 31.5. The molecule has 6 rings (SSSR count). The molecule has 0 radical (unpaired) electrons. The Bertz CT molecular complexity index is 1750. The third-order valence-electron chi connectivity index (χ3n) is 8.25. The van der Waals surface area contributed by atoms with Crippen LogP contribution in [0.2, 0.25) is 0 Å². The van der Waals surface area contributed by atoms with Gasteiger partial charge in [0.05, 0.1) is 6.04 Å². The summed E-state index contributed by atoms with van der Waals surface area (Å²) in [4.78, 5) is 67.5. The summed E-state index contributed by atoms with van der Waals surface area (Å²) in [7, 11) is 0. The second-order valence-corrected chi connectivity index (χ2v) is 12.3. The van der Waals surface area contributed by atoms with Crippen molar-refractivity contribution in [1.82, 2.24) is 15.5 Å². The molecule has 2 aliphatic rings. The SMILES string of the molecule is O=C(O)CNC(=O)[C@H](Cc1ccccc1)NC(=O)[C@@H]1Cc2cc(-c3ccc(C(=O)c4ccccc4)cc3)sc2[C@H]2CCC(=O)N21. The molecule has 4 aromatic rings. The lowest BCUT2D eigenvalue weighted by molar-refractivity contribution is -0.141. The maximum atomic E-state index is 13.8. The minimum Gasteiger partial charge on any atom is -0.480 e. The molecule has 3 aromatic carbocycles. The molecule has 228 valence electrons. The summed E-state index contributed by atoms with van der Waals surface area (Å²) in [5.41, 5.74) is 3.93. The number of ketones is 1. The van der Waals surface area contributed by atoms with E-state index < -0.39 is 36.4 Å². The van der Waals surface area contributed by atoms with Gasteiger partial charge in [0.2, 0.25) is 17.7 Å². The lowest BCUT2D eigenvalue weighted by atomic mass is 9.94. The van der Waals surface area contributed by atoms with Gasteiger partial charge in [-0.25, -0.2) is 0 Å². The minimum absolute atomic E-state index is 0.0520. The Hall–Kier alpha value is -5.09. The van der Waals surface area contributed by atoms with Crippen molar-refractivity contribution in [2.24, 2.45) is 0 Å². The van der Waals surface area contributed by atoms with Crippen LogP contribution in [0.15, 0.2) is 91.0 Å². The molecule has 45 heavy (non-hydrogen) atoms. The van der Waals surface area contributed by atoms with Crippen molar-refractivity contribution < 1.29 is 29.1 Å². The van der Waals surface area contributed by atoms with Crippen molar-refractivity contribution in [3.05, 3.63) is 118 Å². The quantitative estimate of drug-likeness (QED) is 0.228. The molecule has 3 N–H and O–H groups in total. The average molecular weight is 622 g/mol. The van der Waals surface area contributed by atoms with Crippen LogP contribution in [0.4, 0.5) is 0 Å². The second kappa shape index (κ2) is 12.9. The Morgan fingerprint density at radius 2 is 1.58 bits per heavy atom. The highest BCUT2D eigenvalue weighted by Crippen LogP contribution is 2.47. The Balaban J connectivity index is 1.23. The van der Waals surface area contributed by atoms with E-state index in [1.54, 1.807) is 28.4 Å². The van der Waals surface area contributed by atoms with Crippen molar-refractivity contribution in [1.29, 1.82) is 0 Å². The van der Waals surface area contributed by atoms with Crippen LogP contribution < -0.4 is 10.6 Å². The number of hydrogen-bond donors (Lipinski definition) is 3. The molecule has 0 saturated carbocycles. The van der Waals surface area contributed by atoms with E-state index in [0.717, 1.165) is 26.4 Å². The van der Waals surface area contributed by atoms with E-state index in [1.165, 1.54) is 0 Å². The molecule has 0 spiro atoms. The fourth-order valence-corrected chi connectivity index (χ4v) is 7.39. The fraction of sp³-hybridized carbons (Fsp3) is 0.229. The van der Waals surface area contributed by atoms with Gasteiger partial charge < -0.3 is 20.6 Å². The first-order valence-corrected chi connectivity index (χ1v) is 15.6. The fourth-order valence-electron chi connectivity index (χ4n) is 6.06. The Kier molecular flexibility index (Phi) is 8.57. The third-order valence-corrected chi connectivity index (χ3v) is 9.58. The highest BCUT2D eigenvalue weighted by Gasteiger charge is 2.46. The summed E-state index contributed by atoms with van der Waals surface area (Å²) in [6.45, 7) is -0.571. The van der Waals surface area contributed by atoms with Gasteiger partial charge in [-0.15, -0.1) is 11.3 Å². The van der Waals surface area contributed by atoms with Gasteiger partial charge in [0.1, 0.15) is 18.6 Å². The van der Waals surface area contributed by atoms with Crippen LogP contribution in [0.5, 0.6) is 0 Å². The van der Waals surface area contributed by atoms with Gasteiger partial charge in [0.15, 0.2) is 5.78 Å². The maximum Gasteiger partial charge on any atom is 0.322 e. The monoisotopic (exact) mass is 621 g/mol. The number of nitrogens with one attached hydrogen (secondary N) is 2. The van der Waals surface area contributed by atoms with Crippen molar-refractivity contribution in [3.63, 3.8) is 0 Å². The Morgan fingerprint density at radius 3 is 2.27 bits per heavy atom. The molecule has 1 saturated heterocycles. The van der Waals surface area contributed by atoms with Gasteiger partial charge in [-0.2, -0.15) is 0 Å². The van der Waals surface area contributed by atoms with Gasteiger partial charge in [-0.05, 0) is 29.2 Å². The molecule has 1 fully saturated rings. The number of carboxylic acids is 1. The number of carbonyl (C=O) groups is 5. The van der Waals surface area contributed by atoms with Gasteiger partial charge in [-0.3, -0.25) is 24.0 Å². The number of thiophene rings is 1. The largest absolute Gasteiger partial charge is 0.480 e. The predicted molar refractivity (Wildman–Crippen MR) is 169 cm³/mol. The number of rotatable bonds is 10. The molecule has 0 aliphatic carbocycles. The van der Waals surface area contributed by atoms with Crippen LogP contribution >= 0.6 is 11.3 Å². The van der Waals surface area contributed by atoms with Gasteiger partial charge in [-0.1, -0.05) is 84.9 Å². The van der Waals surface area contributed by atoms with E-state index in [-0.39, 0.29) is 24.2 Å². The summed E-state index contributed by atoms with van der Waals surface area (Å²) in [5.74, 6) is -2.42. The summed E-state index contributed by atoms with van der Waals surface area (Å²) < 4.78 is 0. The zero-order valence-electron chi connectivity index (χ0n) is 24.3. The number of carboxylic acid groups (broad SMARTS) is 1. The topological polar surface area (TPSA) is 133 Å². The van der Waals surface area contributed by atoms with Crippen LogP contribution in [0.1, 0.15) is 50.8 Å². The standard InChI is InChI=1S/C35H31N3O6S/c39-30-16-15-27-33-25(19-29(45-33)22-11-13-24(14-12-22)32(42)23-9-5-2-6-10-23)18-28(38(27)30)35(44)37-26(34(43)36-20-31(40)41)17-21-7-3-1-4-8-21/h1-14,19,26-28H,15-18,20H2,(H,36,43)(H,37,44)(H,40,41)/t26-,27+,28-/m0/s1. The van der Waals surface area contributed by atoms with E-state index in [1.807, 2.05) is 72.8 Å². The van der Waals surface area contributed by atoms with Crippen LogP contribution in [0.3, 0.4) is 0 Å². The number of amides is 3. The minimum atomic E-state index is -1.19. The number of fused-ring (bicyclic) bond motifs is 3. The van der Waals surface area contributed by atoms with Crippen molar-refractivity contribution in [2.45, 2.75) is 43.8 Å².